The van der Waals surface area contributed by atoms with Crippen LogP contribution >= 0.6 is 0 Å². The predicted octanol–water partition coefficient (Wildman–Crippen LogP) is 2.65. The van der Waals surface area contributed by atoms with Gasteiger partial charge in [-0.2, -0.15) is 0 Å². The number of hydrogen-bond acceptors (Lipinski definition) is 3. The van der Waals surface area contributed by atoms with Crippen molar-refractivity contribution in [1.82, 2.24) is 20.3 Å². The van der Waals surface area contributed by atoms with Gasteiger partial charge in [0, 0.05) is 30.2 Å². The van der Waals surface area contributed by atoms with E-state index in [1.54, 1.807) is 18.2 Å². The molecule has 3 aromatic rings. The summed E-state index contributed by atoms with van der Waals surface area (Å²) in [5.41, 5.74) is 3.59. The largest absolute Gasteiger partial charge is 0.361 e. The summed E-state index contributed by atoms with van der Waals surface area (Å²) in [4.78, 5) is 7.76. The van der Waals surface area contributed by atoms with Crippen LogP contribution in [0.2, 0.25) is 0 Å². The van der Waals surface area contributed by atoms with Crippen LogP contribution in [0.15, 0.2) is 53.7 Å². The smallest absolute Gasteiger partial charge is 0.215 e. The summed E-state index contributed by atoms with van der Waals surface area (Å²) in [7, 11) is -1.91. The maximum absolute atomic E-state index is 13.6. The second kappa shape index (κ2) is 10.4. The molecule has 1 aromatic heterocycles. The van der Waals surface area contributed by atoms with Crippen molar-refractivity contribution in [1.29, 1.82) is 0 Å². The standard InChI is InChI=1S/C22H28FN5O2S/c1-3-25-22(26-10-9-18-14-27-21-8-7-19(23)12-20(18)21)28-13-16-5-4-6-17(11-16)15-31(29,30)24-2/h4-8,11-12,14,24,27H,3,9-10,13,15H2,1-2H3,(H2,25,26,28). The fourth-order valence-corrected chi connectivity index (χ4v) is 4.06. The average molecular weight is 446 g/mol. The lowest BCUT2D eigenvalue weighted by atomic mass is 10.1. The summed E-state index contributed by atoms with van der Waals surface area (Å²) in [5, 5.41) is 7.39. The zero-order valence-corrected chi connectivity index (χ0v) is 18.5. The minimum absolute atomic E-state index is 0.0649. The zero-order valence-electron chi connectivity index (χ0n) is 17.7. The fourth-order valence-electron chi connectivity index (χ4n) is 3.29. The van der Waals surface area contributed by atoms with E-state index in [2.05, 4.69) is 25.3 Å². The van der Waals surface area contributed by atoms with E-state index in [4.69, 9.17) is 0 Å². The zero-order chi connectivity index (χ0) is 22.3. The van der Waals surface area contributed by atoms with Crippen LogP contribution in [0.3, 0.4) is 0 Å². The Morgan fingerprint density at radius 2 is 1.94 bits per heavy atom. The first-order valence-electron chi connectivity index (χ1n) is 10.2. The van der Waals surface area contributed by atoms with Crippen molar-refractivity contribution in [3.8, 4) is 0 Å². The molecule has 0 amide bonds. The number of rotatable bonds is 9. The number of fused-ring (bicyclic) bond motifs is 1. The number of aromatic amines is 1. The van der Waals surface area contributed by atoms with E-state index in [-0.39, 0.29) is 11.6 Å². The molecule has 7 nitrogen and oxygen atoms in total. The lowest BCUT2D eigenvalue weighted by Gasteiger charge is -2.11. The molecule has 9 heteroatoms. The maximum Gasteiger partial charge on any atom is 0.215 e. The highest BCUT2D eigenvalue weighted by molar-refractivity contribution is 7.88. The molecule has 0 fully saturated rings. The molecule has 31 heavy (non-hydrogen) atoms. The lowest BCUT2D eigenvalue weighted by Crippen LogP contribution is -2.38. The van der Waals surface area contributed by atoms with Crippen molar-refractivity contribution in [2.24, 2.45) is 4.99 Å². The van der Waals surface area contributed by atoms with Gasteiger partial charge in [-0.3, -0.25) is 0 Å². The number of hydrogen-bond donors (Lipinski definition) is 4. The van der Waals surface area contributed by atoms with Crippen LogP contribution in [0, 0.1) is 5.82 Å². The molecule has 0 aliphatic heterocycles. The van der Waals surface area contributed by atoms with Gasteiger partial charge < -0.3 is 15.6 Å². The number of benzene rings is 2. The Morgan fingerprint density at radius 1 is 1.13 bits per heavy atom. The van der Waals surface area contributed by atoms with Crippen molar-refractivity contribution in [2.75, 3.05) is 20.1 Å². The molecule has 0 aliphatic rings. The van der Waals surface area contributed by atoms with Crippen molar-refractivity contribution in [3.63, 3.8) is 0 Å². The normalized spacial score (nSPS) is 12.3. The number of aromatic nitrogens is 1. The maximum atomic E-state index is 13.6. The third-order valence-electron chi connectivity index (χ3n) is 4.84. The van der Waals surface area contributed by atoms with Gasteiger partial charge in [-0.05, 0) is 55.3 Å². The molecule has 1 heterocycles. The van der Waals surface area contributed by atoms with Crippen molar-refractivity contribution < 1.29 is 12.8 Å². The van der Waals surface area contributed by atoms with Crippen LogP contribution in [0.1, 0.15) is 23.6 Å². The molecule has 0 radical (unpaired) electrons. The topological polar surface area (TPSA) is 98.4 Å². The number of guanidine groups is 1. The van der Waals surface area contributed by atoms with Crippen molar-refractivity contribution in [2.45, 2.75) is 25.6 Å². The summed E-state index contributed by atoms with van der Waals surface area (Å²) in [6.07, 6.45) is 2.62. The Labute approximate surface area is 182 Å². The molecular formula is C22H28FN5O2S. The third-order valence-corrected chi connectivity index (χ3v) is 6.17. The molecule has 2 aromatic carbocycles. The van der Waals surface area contributed by atoms with Crippen LogP contribution < -0.4 is 15.4 Å². The first kappa shape index (κ1) is 22.8. The van der Waals surface area contributed by atoms with E-state index in [0.29, 0.717) is 37.6 Å². The third kappa shape index (κ3) is 6.53. The minimum Gasteiger partial charge on any atom is -0.361 e. The second-order valence-electron chi connectivity index (χ2n) is 7.16. The van der Waals surface area contributed by atoms with Gasteiger partial charge in [0.15, 0.2) is 5.96 Å². The van der Waals surface area contributed by atoms with Crippen LogP contribution in [-0.4, -0.2) is 39.5 Å². The van der Waals surface area contributed by atoms with Gasteiger partial charge in [-0.1, -0.05) is 24.3 Å². The van der Waals surface area contributed by atoms with Gasteiger partial charge in [0.1, 0.15) is 5.82 Å². The summed E-state index contributed by atoms with van der Waals surface area (Å²) in [5.74, 6) is 0.354. The molecule has 3 rings (SSSR count). The molecular weight excluding hydrogens is 417 g/mol. The molecule has 4 N–H and O–H groups in total. The van der Waals surface area contributed by atoms with Crippen LogP contribution in [-0.2, 0) is 28.7 Å². The Hall–Kier alpha value is -2.91. The Kier molecular flexibility index (Phi) is 7.64. The highest BCUT2D eigenvalue weighted by Gasteiger charge is 2.09. The molecule has 166 valence electrons. The van der Waals surface area contributed by atoms with Gasteiger partial charge in [0.05, 0.1) is 12.3 Å². The molecule has 0 bridgehead atoms. The summed E-state index contributed by atoms with van der Waals surface area (Å²) in [6, 6.07) is 12.1. The van der Waals surface area contributed by atoms with Crippen LogP contribution in [0.5, 0.6) is 0 Å². The monoisotopic (exact) mass is 445 g/mol. The van der Waals surface area contributed by atoms with Gasteiger partial charge in [-0.15, -0.1) is 0 Å². The summed E-state index contributed by atoms with van der Waals surface area (Å²) >= 11 is 0. The Bertz CT molecular complexity index is 1160. The number of H-pyrrole nitrogens is 1. The SMILES string of the molecule is CCNC(=NCc1cccc(CS(=O)(=O)NC)c1)NCCc1c[nH]c2ccc(F)cc12. The van der Waals surface area contributed by atoms with E-state index < -0.39 is 10.0 Å². The number of sulfonamides is 1. The summed E-state index contributed by atoms with van der Waals surface area (Å²) in [6.45, 7) is 3.75. The highest BCUT2D eigenvalue weighted by Crippen LogP contribution is 2.19. The average Bonchev–Trinajstić information content (AvgIpc) is 3.14. The van der Waals surface area contributed by atoms with E-state index in [1.807, 2.05) is 31.3 Å². The first-order valence-corrected chi connectivity index (χ1v) is 11.8. The molecule has 0 unspecified atom stereocenters. The molecule has 0 spiro atoms. The molecule has 0 atom stereocenters. The number of aliphatic imine (C=N–C) groups is 1. The predicted molar refractivity (Wildman–Crippen MR) is 123 cm³/mol. The molecule has 0 saturated heterocycles. The number of halogens is 1. The van der Waals surface area contributed by atoms with Crippen molar-refractivity contribution in [3.05, 3.63) is 71.2 Å². The number of nitrogens with one attached hydrogen (secondary N) is 4. The quantitative estimate of drug-likeness (QED) is 0.301. The highest BCUT2D eigenvalue weighted by atomic mass is 32.2. The van der Waals surface area contributed by atoms with Crippen molar-refractivity contribution >= 4 is 26.9 Å². The minimum atomic E-state index is -3.32. The van der Waals surface area contributed by atoms with Gasteiger partial charge >= 0.3 is 0 Å². The Balaban J connectivity index is 1.62. The van der Waals surface area contributed by atoms with E-state index in [1.165, 1.54) is 13.1 Å². The fraction of sp³-hybridized carbons (Fsp3) is 0.318. The van der Waals surface area contributed by atoms with Crippen LogP contribution in [0.25, 0.3) is 10.9 Å². The van der Waals surface area contributed by atoms with Gasteiger partial charge in [0.25, 0.3) is 0 Å². The lowest BCUT2D eigenvalue weighted by molar-refractivity contribution is 0.587. The van der Waals surface area contributed by atoms with Gasteiger partial charge in [-0.25, -0.2) is 22.5 Å². The van der Waals surface area contributed by atoms with Crippen LogP contribution in [0.4, 0.5) is 4.39 Å². The first-order chi connectivity index (χ1) is 14.9. The molecule has 0 saturated carbocycles. The van der Waals surface area contributed by atoms with E-state index >= 15 is 0 Å². The van der Waals surface area contributed by atoms with Gasteiger partial charge in [0.2, 0.25) is 10.0 Å². The van der Waals surface area contributed by atoms with E-state index in [0.717, 1.165) is 22.0 Å². The van der Waals surface area contributed by atoms with E-state index in [9.17, 15) is 12.8 Å². The number of nitrogens with zero attached hydrogens (tertiary/aromatic N) is 1. The Morgan fingerprint density at radius 3 is 2.71 bits per heavy atom. The molecule has 0 aliphatic carbocycles. The second-order valence-corrected chi connectivity index (χ2v) is 9.09. The summed E-state index contributed by atoms with van der Waals surface area (Å²) < 4.78 is 39.4.